The van der Waals surface area contributed by atoms with Gasteiger partial charge in [-0.3, -0.25) is 0 Å². The third-order valence-electron chi connectivity index (χ3n) is 3.75. The summed E-state index contributed by atoms with van der Waals surface area (Å²) in [6.45, 7) is 7.00. The SMILES string of the molecule is CC(CO)NC1CCCC(C(C)C)CC1. The summed E-state index contributed by atoms with van der Waals surface area (Å²) >= 11 is 0. The standard InChI is InChI=1S/C13H27NO/c1-10(2)12-5-4-6-13(8-7-12)14-11(3)9-15/h10-15H,4-9H2,1-3H3. The van der Waals surface area contributed by atoms with Gasteiger partial charge in [0, 0.05) is 12.1 Å². The minimum absolute atomic E-state index is 0.254. The Balaban J connectivity index is 2.32. The van der Waals surface area contributed by atoms with Crippen molar-refractivity contribution in [3.63, 3.8) is 0 Å². The van der Waals surface area contributed by atoms with Gasteiger partial charge >= 0.3 is 0 Å². The second-order valence-electron chi connectivity index (χ2n) is 5.46. The predicted molar refractivity (Wildman–Crippen MR) is 64.9 cm³/mol. The van der Waals surface area contributed by atoms with Gasteiger partial charge in [0.15, 0.2) is 0 Å². The van der Waals surface area contributed by atoms with Gasteiger partial charge in [0.25, 0.3) is 0 Å². The quantitative estimate of drug-likeness (QED) is 0.703. The monoisotopic (exact) mass is 213 g/mol. The van der Waals surface area contributed by atoms with E-state index in [-0.39, 0.29) is 12.6 Å². The Morgan fingerprint density at radius 2 is 1.87 bits per heavy atom. The first-order valence-electron chi connectivity index (χ1n) is 6.50. The molecule has 1 saturated carbocycles. The van der Waals surface area contributed by atoms with Crippen molar-refractivity contribution in [2.75, 3.05) is 6.61 Å². The van der Waals surface area contributed by atoms with Crippen molar-refractivity contribution in [3.05, 3.63) is 0 Å². The highest BCUT2D eigenvalue weighted by atomic mass is 16.3. The van der Waals surface area contributed by atoms with Crippen LogP contribution in [-0.4, -0.2) is 23.8 Å². The molecule has 2 N–H and O–H groups in total. The summed E-state index contributed by atoms with van der Waals surface area (Å²) in [5, 5.41) is 12.5. The van der Waals surface area contributed by atoms with Crippen LogP contribution >= 0.6 is 0 Å². The van der Waals surface area contributed by atoms with Gasteiger partial charge in [-0.1, -0.05) is 26.7 Å². The molecular weight excluding hydrogens is 186 g/mol. The third-order valence-corrected chi connectivity index (χ3v) is 3.75. The number of aliphatic hydroxyl groups excluding tert-OH is 1. The molecule has 3 unspecified atom stereocenters. The number of rotatable bonds is 4. The maximum absolute atomic E-state index is 9.01. The smallest absolute Gasteiger partial charge is 0.0582 e. The topological polar surface area (TPSA) is 32.3 Å². The fourth-order valence-corrected chi connectivity index (χ4v) is 2.62. The van der Waals surface area contributed by atoms with E-state index in [0.29, 0.717) is 6.04 Å². The van der Waals surface area contributed by atoms with Crippen LogP contribution in [0.3, 0.4) is 0 Å². The molecule has 0 bridgehead atoms. The van der Waals surface area contributed by atoms with Crippen molar-refractivity contribution < 1.29 is 5.11 Å². The molecule has 0 aliphatic heterocycles. The zero-order valence-corrected chi connectivity index (χ0v) is 10.5. The van der Waals surface area contributed by atoms with Gasteiger partial charge in [0.2, 0.25) is 0 Å². The van der Waals surface area contributed by atoms with E-state index in [1.165, 1.54) is 32.1 Å². The summed E-state index contributed by atoms with van der Waals surface area (Å²) in [4.78, 5) is 0. The molecule has 0 amide bonds. The Morgan fingerprint density at radius 1 is 1.13 bits per heavy atom. The molecule has 90 valence electrons. The molecule has 0 aromatic rings. The van der Waals surface area contributed by atoms with Crippen LogP contribution in [0.2, 0.25) is 0 Å². The normalized spacial score (nSPS) is 30.2. The fourth-order valence-electron chi connectivity index (χ4n) is 2.62. The number of hydrogen-bond acceptors (Lipinski definition) is 2. The molecular formula is C13H27NO. The van der Waals surface area contributed by atoms with Crippen LogP contribution in [0.1, 0.15) is 52.9 Å². The van der Waals surface area contributed by atoms with Gasteiger partial charge in [0.1, 0.15) is 0 Å². The highest BCUT2D eigenvalue weighted by Crippen LogP contribution is 2.28. The van der Waals surface area contributed by atoms with Crippen LogP contribution in [0.4, 0.5) is 0 Å². The molecule has 0 heterocycles. The Kier molecular flexibility index (Phi) is 5.62. The molecule has 1 fully saturated rings. The molecule has 2 nitrogen and oxygen atoms in total. The van der Waals surface area contributed by atoms with E-state index in [9.17, 15) is 0 Å². The van der Waals surface area contributed by atoms with E-state index in [1.807, 2.05) is 0 Å². The second-order valence-corrected chi connectivity index (χ2v) is 5.46. The van der Waals surface area contributed by atoms with Gasteiger partial charge < -0.3 is 10.4 Å². The largest absolute Gasteiger partial charge is 0.395 e. The molecule has 0 aromatic carbocycles. The first kappa shape index (κ1) is 13.0. The lowest BCUT2D eigenvalue weighted by Crippen LogP contribution is -2.38. The lowest BCUT2D eigenvalue weighted by atomic mass is 9.89. The molecule has 3 atom stereocenters. The van der Waals surface area contributed by atoms with Gasteiger partial charge in [-0.05, 0) is 38.0 Å². The Morgan fingerprint density at radius 3 is 2.47 bits per heavy atom. The average Bonchev–Trinajstić information content (AvgIpc) is 2.43. The lowest BCUT2D eigenvalue weighted by Gasteiger charge is -2.21. The van der Waals surface area contributed by atoms with Gasteiger partial charge in [0.05, 0.1) is 6.61 Å². The van der Waals surface area contributed by atoms with Crippen LogP contribution in [0.5, 0.6) is 0 Å². The van der Waals surface area contributed by atoms with Crippen LogP contribution in [0.25, 0.3) is 0 Å². The number of aliphatic hydroxyl groups is 1. The zero-order chi connectivity index (χ0) is 11.3. The molecule has 1 rings (SSSR count). The second kappa shape index (κ2) is 6.49. The van der Waals surface area contributed by atoms with Crippen LogP contribution in [0, 0.1) is 11.8 Å². The summed E-state index contributed by atoms with van der Waals surface area (Å²) in [5.74, 6) is 1.75. The molecule has 0 spiro atoms. The minimum atomic E-state index is 0.254. The Hall–Kier alpha value is -0.0800. The first-order chi connectivity index (χ1) is 7.13. The lowest BCUT2D eigenvalue weighted by molar-refractivity contribution is 0.235. The summed E-state index contributed by atoms with van der Waals surface area (Å²) in [7, 11) is 0. The molecule has 1 aliphatic carbocycles. The van der Waals surface area contributed by atoms with E-state index >= 15 is 0 Å². The van der Waals surface area contributed by atoms with E-state index in [4.69, 9.17) is 5.11 Å². The third kappa shape index (κ3) is 4.52. The summed E-state index contributed by atoms with van der Waals surface area (Å²) in [6.07, 6.45) is 6.66. The summed E-state index contributed by atoms with van der Waals surface area (Å²) < 4.78 is 0. The van der Waals surface area contributed by atoms with Crippen LogP contribution < -0.4 is 5.32 Å². The van der Waals surface area contributed by atoms with Crippen molar-refractivity contribution in [2.45, 2.75) is 65.0 Å². The van der Waals surface area contributed by atoms with Crippen LogP contribution in [-0.2, 0) is 0 Å². The van der Waals surface area contributed by atoms with Crippen molar-refractivity contribution in [3.8, 4) is 0 Å². The molecule has 1 aliphatic rings. The molecule has 0 saturated heterocycles. The average molecular weight is 213 g/mol. The first-order valence-corrected chi connectivity index (χ1v) is 6.50. The highest BCUT2D eigenvalue weighted by molar-refractivity contribution is 4.78. The minimum Gasteiger partial charge on any atom is -0.395 e. The number of nitrogens with one attached hydrogen (secondary N) is 1. The van der Waals surface area contributed by atoms with Crippen molar-refractivity contribution in [2.24, 2.45) is 11.8 Å². The Labute approximate surface area is 94.5 Å². The van der Waals surface area contributed by atoms with Crippen molar-refractivity contribution >= 4 is 0 Å². The highest BCUT2D eigenvalue weighted by Gasteiger charge is 2.21. The van der Waals surface area contributed by atoms with Gasteiger partial charge in [-0.25, -0.2) is 0 Å². The number of hydrogen-bond donors (Lipinski definition) is 2. The molecule has 15 heavy (non-hydrogen) atoms. The zero-order valence-electron chi connectivity index (χ0n) is 10.5. The van der Waals surface area contributed by atoms with Crippen molar-refractivity contribution in [1.29, 1.82) is 0 Å². The molecule has 0 radical (unpaired) electrons. The fraction of sp³-hybridized carbons (Fsp3) is 1.00. The van der Waals surface area contributed by atoms with E-state index in [2.05, 4.69) is 26.1 Å². The predicted octanol–water partition coefficient (Wildman–Crippen LogP) is 2.56. The van der Waals surface area contributed by atoms with Gasteiger partial charge in [-0.15, -0.1) is 0 Å². The Bertz CT molecular complexity index is 170. The summed E-state index contributed by atoms with van der Waals surface area (Å²) in [5.41, 5.74) is 0. The molecule has 0 aromatic heterocycles. The summed E-state index contributed by atoms with van der Waals surface area (Å²) in [6, 6.07) is 0.890. The van der Waals surface area contributed by atoms with Crippen molar-refractivity contribution in [1.82, 2.24) is 5.32 Å². The van der Waals surface area contributed by atoms with Crippen LogP contribution in [0.15, 0.2) is 0 Å². The van der Waals surface area contributed by atoms with E-state index < -0.39 is 0 Å². The molecule has 2 heteroatoms. The van der Waals surface area contributed by atoms with Gasteiger partial charge in [-0.2, -0.15) is 0 Å². The van der Waals surface area contributed by atoms with E-state index in [1.54, 1.807) is 0 Å². The maximum atomic E-state index is 9.01. The maximum Gasteiger partial charge on any atom is 0.0582 e. The van der Waals surface area contributed by atoms with E-state index in [0.717, 1.165) is 11.8 Å².